The van der Waals surface area contributed by atoms with Gasteiger partial charge in [0.1, 0.15) is 5.76 Å². The van der Waals surface area contributed by atoms with Crippen molar-refractivity contribution in [1.82, 2.24) is 5.16 Å². The highest BCUT2D eigenvalue weighted by Gasteiger charge is 2.47. The van der Waals surface area contributed by atoms with Gasteiger partial charge >= 0.3 is 0 Å². The number of fused-ring (bicyclic) bond motifs is 1. The third-order valence-corrected chi connectivity index (χ3v) is 5.35. The summed E-state index contributed by atoms with van der Waals surface area (Å²) in [5.74, 6) is 0.849. The zero-order chi connectivity index (χ0) is 18.0. The first-order valence-electron chi connectivity index (χ1n) is 8.08. The fourth-order valence-corrected chi connectivity index (χ4v) is 4.33. The van der Waals surface area contributed by atoms with Crippen molar-refractivity contribution >= 4 is 23.1 Å². The van der Waals surface area contributed by atoms with Gasteiger partial charge in [-0.25, -0.2) is 0 Å². The van der Waals surface area contributed by atoms with E-state index in [0.29, 0.717) is 5.02 Å². The fourth-order valence-electron chi connectivity index (χ4n) is 3.86. The maximum absolute atomic E-state index is 13.0. The molecule has 1 aliphatic rings. The Morgan fingerprint density at radius 2 is 1.79 bits per heavy atom. The van der Waals surface area contributed by atoms with Crippen LogP contribution >= 0.6 is 11.6 Å². The van der Waals surface area contributed by atoms with Crippen molar-refractivity contribution in [1.29, 1.82) is 0 Å². The van der Waals surface area contributed by atoms with Gasteiger partial charge in [-0.1, -0.05) is 16.8 Å². The highest BCUT2D eigenvalue weighted by atomic mass is 35.5. The van der Waals surface area contributed by atoms with E-state index in [1.54, 1.807) is 0 Å². The highest BCUT2D eigenvalue weighted by molar-refractivity contribution is 6.35. The molecule has 0 saturated heterocycles. The molecule has 4 nitrogen and oxygen atoms in total. The molecular formula is C19H23ClN2O2. The van der Waals surface area contributed by atoms with E-state index in [9.17, 15) is 4.79 Å². The van der Waals surface area contributed by atoms with Gasteiger partial charge in [0.25, 0.3) is 0 Å². The lowest BCUT2D eigenvalue weighted by Crippen LogP contribution is -2.53. The predicted octanol–water partition coefficient (Wildman–Crippen LogP) is 4.97. The number of ketones is 1. The molecule has 128 valence electrons. The number of halogens is 1. The topological polar surface area (TPSA) is 55.1 Å². The van der Waals surface area contributed by atoms with Gasteiger partial charge in [0.2, 0.25) is 0 Å². The normalized spacial score (nSPS) is 18.2. The molecule has 0 bridgehead atoms. The molecule has 0 saturated carbocycles. The summed E-state index contributed by atoms with van der Waals surface area (Å²) in [7, 11) is 0. The van der Waals surface area contributed by atoms with Crippen LogP contribution in [0.2, 0.25) is 5.02 Å². The summed E-state index contributed by atoms with van der Waals surface area (Å²) in [6, 6.07) is 2.04. The monoisotopic (exact) mass is 346 g/mol. The lowest BCUT2D eigenvalue weighted by molar-refractivity contribution is -0.127. The third kappa shape index (κ3) is 2.20. The Morgan fingerprint density at radius 1 is 1.17 bits per heavy atom. The van der Waals surface area contributed by atoms with Crippen LogP contribution in [0.25, 0.3) is 11.1 Å². The molecule has 0 fully saturated rings. The number of rotatable bonds is 1. The molecule has 1 aromatic carbocycles. The summed E-state index contributed by atoms with van der Waals surface area (Å²) in [5.41, 5.74) is 4.11. The number of Topliss-reactive ketones (excluding diaryl/α,β-unsaturated/α-hetero) is 1. The fraction of sp³-hybridized carbons (Fsp3) is 0.474. The minimum atomic E-state index is -0.680. The third-order valence-electron chi connectivity index (χ3n) is 4.96. The van der Waals surface area contributed by atoms with Crippen molar-refractivity contribution < 1.29 is 9.32 Å². The number of carbonyl (C=O) groups is 1. The summed E-state index contributed by atoms with van der Waals surface area (Å²) in [6.07, 6.45) is 0. The summed E-state index contributed by atoms with van der Waals surface area (Å²) in [5, 5.41) is 8.00. The van der Waals surface area contributed by atoms with E-state index in [2.05, 4.69) is 10.5 Å². The molecule has 5 heteroatoms. The molecule has 0 unspecified atom stereocenters. The second-order valence-electron chi connectivity index (χ2n) is 7.71. The van der Waals surface area contributed by atoms with Crippen molar-refractivity contribution in [2.75, 3.05) is 5.32 Å². The molecule has 0 spiro atoms. The number of benzene rings is 1. The summed E-state index contributed by atoms with van der Waals surface area (Å²) in [6.45, 7) is 13.5. The summed E-state index contributed by atoms with van der Waals surface area (Å²) in [4.78, 5) is 13.0. The molecule has 0 atom stereocenters. The first-order valence-corrected chi connectivity index (χ1v) is 8.46. The summed E-state index contributed by atoms with van der Waals surface area (Å²) >= 11 is 6.82. The van der Waals surface area contributed by atoms with Crippen molar-refractivity contribution in [3.8, 4) is 11.1 Å². The second-order valence-corrected chi connectivity index (χ2v) is 8.09. The number of hydrogen-bond acceptors (Lipinski definition) is 4. The smallest absolute Gasteiger partial charge is 0.167 e. The van der Waals surface area contributed by atoms with Crippen LogP contribution in [-0.2, 0) is 10.2 Å². The number of aromatic nitrogens is 1. The zero-order valence-corrected chi connectivity index (χ0v) is 16.0. The number of carbonyl (C=O) groups excluding carboxylic acids is 1. The van der Waals surface area contributed by atoms with E-state index in [-0.39, 0.29) is 5.78 Å². The number of nitrogens with one attached hydrogen (secondary N) is 1. The van der Waals surface area contributed by atoms with E-state index in [1.807, 2.05) is 54.5 Å². The van der Waals surface area contributed by atoms with Crippen LogP contribution in [0.1, 0.15) is 50.3 Å². The van der Waals surface area contributed by atoms with Crippen LogP contribution < -0.4 is 5.32 Å². The van der Waals surface area contributed by atoms with Crippen LogP contribution in [0.3, 0.4) is 0 Å². The van der Waals surface area contributed by atoms with Gasteiger partial charge in [0, 0.05) is 22.4 Å². The van der Waals surface area contributed by atoms with Crippen LogP contribution in [0, 0.1) is 20.8 Å². The average Bonchev–Trinajstić information content (AvgIpc) is 2.79. The number of aryl methyl sites for hydroxylation is 3. The molecule has 1 aliphatic heterocycles. The molecule has 24 heavy (non-hydrogen) atoms. The molecule has 0 amide bonds. The van der Waals surface area contributed by atoms with Gasteiger partial charge in [-0.2, -0.15) is 0 Å². The number of anilines is 1. The number of hydrogen-bond donors (Lipinski definition) is 1. The lowest BCUT2D eigenvalue weighted by atomic mass is 9.68. The predicted molar refractivity (Wildman–Crippen MR) is 96.9 cm³/mol. The van der Waals surface area contributed by atoms with Gasteiger partial charge < -0.3 is 9.84 Å². The summed E-state index contributed by atoms with van der Waals surface area (Å²) < 4.78 is 5.30. The van der Waals surface area contributed by atoms with Gasteiger partial charge in [-0.15, -0.1) is 0 Å². The zero-order valence-electron chi connectivity index (χ0n) is 15.2. The maximum atomic E-state index is 13.0. The highest BCUT2D eigenvalue weighted by Crippen LogP contribution is 2.49. The lowest BCUT2D eigenvalue weighted by Gasteiger charge is -2.43. The van der Waals surface area contributed by atoms with Crippen molar-refractivity contribution in [2.45, 2.75) is 59.4 Å². The van der Waals surface area contributed by atoms with Gasteiger partial charge in [0.05, 0.1) is 21.7 Å². The van der Waals surface area contributed by atoms with Crippen molar-refractivity contribution in [3.63, 3.8) is 0 Å². The molecule has 3 rings (SSSR count). The van der Waals surface area contributed by atoms with Gasteiger partial charge in [-0.05, 0) is 60.1 Å². The van der Waals surface area contributed by atoms with Crippen molar-refractivity contribution in [3.05, 3.63) is 33.7 Å². The Kier molecular flexibility index (Phi) is 3.61. The second kappa shape index (κ2) is 5.09. The molecule has 0 radical (unpaired) electrons. The van der Waals surface area contributed by atoms with Crippen LogP contribution in [0.4, 0.5) is 5.69 Å². The van der Waals surface area contributed by atoms with Crippen LogP contribution in [-0.4, -0.2) is 16.5 Å². The molecule has 1 N–H and O–H groups in total. The molecule has 1 aromatic heterocycles. The van der Waals surface area contributed by atoms with Gasteiger partial charge in [0.15, 0.2) is 5.78 Å². The Morgan fingerprint density at radius 3 is 2.33 bits per heavy atom. The average molecular weight is 347 g/mol. The first kappa shape index (κ1) is 17.0. The Labute approximate surface area is 147 Å². The van der Waals surface area contributed by atoms with E-state index in [1.165, 1.54) is 0 Å². The molecule has 0 aliphatic carbocycles. The van der Waals surface area contributed by atoms with Gasteiger partial charge in [-0.3, -0.25) is 4.79 Å². The Bertz CT molecular complexity index is 843. The quantitative estimate of drug-likeness (QED) is 0.791. The van der Waals surface area contributed by atoms with E-state index in [4.69, 9.17) is 16.1 Å². The van der Waals surface area contributed by atoms with E-state index >= 15 is 0 Å². The molecule has 2 aromatic rings. The van der Waals surface area contributed by atoms with Crippen molar-refractivity contribution in [2.24, 2.45) is 0 Å². The maximum Gasteiger partial charge on any atom is 0.167 e. The van der Waals surface area contributed by atoms with E-state index in [0.717, 1.165) is 39.4 Å². The standard InChI is InChI=1S/C19H23ClN2O2/c1-9-8-12(13-10(2)22-24-11(13)3)15(20)14-16(9)21-19(6,7)17(23)18(14,4)5/h8,21H,1-7H3. The van der Waals surface area contributed by atoms with Crippen LogP contribution in [0.5, 0.6) is 0 Å². The Balaban J connectivity index is 2.37. The minimum absolute atomic E-state index is 0.125. The number of nitrogens with zero attached hydrogens (tertiary/aromatic N) is 1. The molecular weight excluding hydrogens is 324 g/mol. The van der Waals surface area contributed by atoms with E-state index < -0.39 is 11.0 Å². The largest absolute Gasteiger partial charge is 0.373 e. The molecule has 2 heterocycles. The van der Waals surface area contributed by atoms with Crippen LogP contribution in [0.15, 0.2) is 10.6 Å². The Hall–Kier alpha value is -1.81. The minimum Gasteiger partial charge on any atom is -0.373 e. The SMILES string of the molecule is Cc1cc(-c2c(C)noc2C)c(Cl)c2c1NC(C)(C)C(=O)C2(C)C. The first-order chi connectivity index (χ1) is 11.0.